The third kappa shape index (κ3) is 4.97. The lowest BCUT2D eigenvalue weighted by molar-refractivity contribution is -0.137. The van der Waals surface area contributed by atoms with Gasteiger partial charge in [0.1, 0.15) is 5.84 Å². The maximum atomic E-state index is 12.9. The summed E-state index contributed by atoms with van der Waals surface area (Å²) < 4.78 is 38.8. The van der Waals surface area contributed by atoms with Crippen molar-refractivity contribution in [2.75, 3.05) is 5.32 Å². The Bertz CT molecular complexity index is 562. The molecule has 2 amide bonds. The molecule has 0 saturated carbocycles. The molecule has 116 valence electrons. The van der Waals surface area contributed by atoms with Crippen LogP contribution >= 0.6 is 0 Å². The number of benzene rings is 1. The highest BCUT2D eigenvalue weighted by Crippen LogP contribution is 2.33. The molecule has 0 unspecified atom stereocenters. The van der Waals surface area contributed by atoms with Crippen molar-refractivity contribution in [2.24, 2.45) is 5.73 Å². The SMILES string of the molecule is CC(C)(C)NC(=O)Nc1ccc(C(=N)N)c(C(F)(F)F)c1. The molecule has 1 rings (SSSR count). The second-order valence-corrected chi connectivity index (χ2v) is 5.50. The number of nitrogen functional groups attached to an aromatic ring is 1. The molecule has 0 aromatic heterocycles. The van der Waals surface area contributed by atoms with Crippen LogP contribution in [-0.2, 0) is 6.18 Å². The molecular formula is C13H17F3N4O. The van der Waals surface area contributed by atoms with Gasteiger partial charge < -0.3 is 16.4 Å². The fourth-order valence-corrected chi connectivity index (χ4v) is 1.59. The van der Waals surface area contributed by atoms with Crippen LogP contribution in [0.1, 0.15) is 31.9 Å². The highest BCUT2D eigenvalue weighted by molar-refractivity contribution is 5.98. The molecule has 0 saturated heterocycles. The number of urea groups is 1. The second kappa shape index (κ2) is 5.63. The van der Waals surface area contributed by atoms with E-state index in [1.54, 1.807) is 20.8 Å². The number of nitrogens with one attached hydrogen (secondary N) is 3. The Hall–Kier alpha value is -2.25. The highest BCUT2D eigenvalue weighted by atomic mass is 19.4. The largest absolute Gasteiger partial charge is 0.417 e. The van der Waals surface area contributed by atoms with Crippen LogP contribution in [0.25, 0.3) is 0 Å². The first-order chi connectivity index (χ1) is 9.40. The Balaban J connectivity index is 3.07. The minimum absolute atomic E-state index is 0.0333. The van der Waals surface area contributed by atoms with E-state index in [-0.39, 0.29) is 5.69 Å². The maximum Gasteiger partial charge on any atom is 0.417 e. The molecule has 0 spiro atoms. The summed E-state index contributed by atoms with van der Waals surface area (Å²) in [6, 6.07) is 2.44. The van der Waals surface area contributed by atoms with Crippen LogP contribution < -0.4 is 16.4 Å². The lowest BCUT2D eigenvalue weighted by Gasteiger charge is -2.21. The first-order valence-electron chi connectivity index (χ1n) is 6.05. The smallest absolute Gasteiger partial charge is 0.384 e. The molecule has 1 aromatic carbocycles. The van der Waals surface area contributed by atoms with Gasteiger partial charge in [-0.1, -0.05) is 0 Å². The maximum absolute atomic E-state index is 12.9. The van der Waals surface area contributed by atoms with E-state index in [1.165, 1.54) is 6.07 Å². The molecule has 0 aliphatic carbocycles. The molecule has 0 aliphatic heterocycles. The van der Waals surface area contributed by atoms with Gasteiger partial charge in [-0.05, 0) is 39.0 Å². The Morgan fingerprint density at radius 2 is 1.81 bits per heavy atom. The zero-order valence-electron chi connectivity index (χ0n) is 11.9. The second-order valence-electron chi connectivity index (χ2n) is 5.50. The number of carbonyl (C=O) groups is 1. The van der Waals surface area contributed by atoms with Gasteiger partial charge in [-0.25, -0.2) is 4.79 Å². The summed E-state index contributed by atoms with van der Waals surface area (Å²) in [7, 11) is 0. The van der Waals surface area contributed by atoms with E-state index in [4.69, 9.17) is 11.1 Å². The van der Waals surface area contributed by atoms with Gasteiger partial charge in [-0.3, -0.25) is 5.41 Å². The first kappa shape index (κ1) is 16.8. The van der Waals surface area contributed by atoms with Crippen LogP contribution in [0.5, 0.6) is 0 Å². The Labute approximate surface area is 120 Å². The molecular weight excluding hydrogens is 285 g/mol. The van der Waals surface area contributed by atoms with Gasteiger partial charge in [0.05, 0.1) is 5.56 Å². The summed E-state index contributed by atoms with van der Waals surface area (Å²) in [5.74, 6) is -0.687. The zero-order chi connectivity index (χ0) is 16.4. The standard InChI is InChI=1S/C13H17F3N4O/c1-12(2,3)20-11(21)19-7-4-5-8(10(17)18)9(6-7)13(14,15)16/h4-6H,1-3H3,(H3,17,18)(H2,19,20,21). The number of amidine groups is 1. The summed E-state index contributed by atoms with van der Waals surface area (Å²) in [6.45, 7) is 5.23. The van der Waals surface area contributed by atoms with Gasteiger partial charge in [0.25, 0.3) is 0 Å². The van der Waals surface area contributed by atoms with Crippen molar-refractivity contribution in [3.63, 3.8) is 0 Å². The average Bonchev–Trinajstić information content (AvgIpc) is 2.24. The van der Waals surface area contributed by atoms with Gasteiger partial charge in [-0.15, -0.1) is 0 Å². The Morgan fingerprint density at radius 3 is 2.24 bits per heavy atom. The summed E-state index contributed by atoms with van der Waals surface area (Å²) in [6.07, 6.45) is -4.67. The lowest BCUT2D eigenvalue weighted by Crippen LogP contribution is -2.43. The summed E-state index contributed by atoms with van der Waals surface area (Å²) in [5, 5.41) is 12.0. The van der Waals surface area contributed by atoms with Gasteiger partial charge in [0.2, 0.25) is 0 Å². The van der Waals surface area contributed by atoms with E-state index in [2.05, 4.69) is 10.6 Å². The number of carbonyl (C=O) groups excluding carboxylic acids is 1. The predicted octanol–water partition coefficient (Wildman–Crippen LogP) is 2.91. The third-order valence-corrected chi connectivity index (χ3v) is 2.36. The fourth-order valence-electron chi connectivity index (χ4n) is 1.59. The van der Waals surface area contributed by atoms with Crippen LogP contribution in [0.4, 0.5) is 23.7 Å². The van der Waals surface area contributed by atoms with Crippen molar-refractivity contribution in [1.82, 2.24) is 5.32 Å². The number of hydrogen-bond acceptors (Lipinski definition) is 2. The number of alkyl halides is 3. The molecule has 1 aromatic rings. The predicted molar refractivity (Wildman–Crippen MR) is 74.4 cm³/mol. The van der Waals surface area contributed by atoms with Crippen molar-refractivity contribution in [1.29, 1.82) is 5.41 Å². The minimum atomic E-state index is -4.67. The molecule has 0 atom stereocenters. The van der Waals surface area contributed by atoms with E-state index in [0.717, 1.165) is 12.1 Å². The normalized spacial score (nSPS) is 11.9. The average molecular weight is 302 g/mol. The van der Waals surface area contributed by atoms with E-state index >= 15 is 0 Å². The number of anilines is 1. The number of nitrogens with two attached hydrogens (primary N) is 1. The number of amides is 2. The molecule has 0 bridgehead atoms. The molecule has 0 radical (unpaired) electrons. The quantitative estimate of drug-likeness (QED) is 0.499. The van der Waals surface area contributed by atoms with E-state index in [9.17, 15) is 18.0 Å². The van der Waals surface area contributed by atoms with E-state index in [1.807, 2.05) is 0 Å². The van der Waals surface area contributed by atoms with E-state index in [0.29, 0.717) is 0 Å². The molecule has 5 N–H and O–H groups in total. The van der Waals surface area contributed by atoms with Crippen molar-refractivity contribution in [2.45, 2.75) is 32.5 Å². The Morgan fingerprint density at radius 1 is 1.24 bits per heavy atom. The Kier molecular flexibility index (Phi) is 4.50. The van der Waals surface area contributed by atoms with Gasteiger partial charge >= 0.3 is 12.2 Å². The first-order valence-corrected chi connectivity index (χ1v) is 6.05. The minimum Gasteiger partial charge on any atom is -0.384 e. The number of hydrogen-bond donors (Lipinski definition) is 4. The highest BCUT2D eigenvalue weighted by Gasteiger charge is 2.34. The van der Waals surface area contributed by atoms with Crippen LogP contribution in [0.2, 0.25) is 0 Å². The van der Waals surface area contributed by atoms with Crippen LogP contribution in [0.15, 0.2) is 18.2 Å². The molecule has 5 nitrogen and oxygen atoms in total. The molecule has 0 heterocycles. The van der Waals surface area contributed by atoms with Crippen molar-refractivity contribution >= 4 is 17.6 Å². The van der Waals surface area contributed by atoms with Crippen LogP contribution in [0, 0.1) is 5.41 Å². The summed E-state index contributed by atoms with van der Waals surface area (Å²) in [5.41, 5.74) is 3.09. The summed E-state index contributed by atoms with van der Waals surface area (Å²) in [4.78, 5) is 11.6. The van der Waals surface area contributed by atoms with Crippen molar-refractivity contribution < 1.29 is 18.0 Å². The summed E-state index contributed by atoms with van der Waals surface area (Å²) >= 11 is 0. The zero-order valence-corrected chi connectivity index (χ0v) is 11.9. The fraction of sp³-hybridized carbons (Fsp3) is 0.385. The topological polar surface area (TPSA) is 91.0 Å². The molecule has 0 aliphatic rings. The van der Waals surface area contributed by atoms with Gasteiger partial charge in [0, 0.05) is 16.8 Å². The van der Waals surface area contributed by atoms with Crippen molar-refractivity contribution in [3.8, 4) is 0 Å². The lowest BCUT2D eigenvalue weighted by atomic mass is 10.1. The number of rotatable bonds is 2. The molecule has 8 heteroatoms. The van der Waals surface area contributed by atoms with E-state index < -0.39 is 34.7 Å². The number of halogens is 3. The monoisotopic (exact) mass is 302 g/mol. The van der Waals surface area contributed by atoms with Gasteiger partial charge in [-0.2, -0.15) is 13.2 Å². The van der Waals surface area contributed by atoms with Crippen LogP contribution in [0.3, 0.4) is 0 Å². The molecule has 21 heavy (non-hydrogen) atoms. The van der Waals surface area contributed by atoms with Gasteiger partial charge in [0.15, 0.2) is 0 Å². The molecule has 0 fully saturated rings. The van der Waals surface area contributed by atoms with Crippen molar-refractivity contribution in [3.05, 3.63) is 29.3 Å². The third-order valence-electron chi connectivity index (χ3n) is 2.36. The van der Waals surface area contributed by atoms with Crippen LogP contribution in [-0.4, -0.2) is 17.4 Å².